The van der Waals surface area contributed by atoms with Crippen molar-refractivity contribution in [3.05, 3.63) is 33.5 Å². The van der Waals surface area contributed by atoms with Crippen LogP contribution in [0.3, 0.4) is 0 Å². The van der Waals surface area contributed by atoms with Gasteiger partial charge >= 0.3 is 0 Å². The molecule has 1 aromatic rings. The third-order valence-corrected chi connectivity index (χ3v) is 1.68. The van der Waals surface area contributed by atoms with Crippen LogP contribution in [0.5, 0.6) is 0 Å². The highest BCUT2D eigenvalue weighted by atomic mass is 79.9. The number of benzene rings is 1. The summed E-state index contributed by atoms with van der Waals surface area (Å²) < 4.78 is 13.1. The second-order valence-corrected chi connectivity index (χ2v) is 2.88. The molecular weight excluding hydrogens is 234 g/mol. The Balaban J connectivity index is 0.000000461. The molecule has 0 aliphatic heterocycles. The van der Waals surface area contributed by atoms with Crippen molar-refractivity contribution in [3.8, 4) is 0 Å². The van der Waals surface area contributed by atoms with Gasteiger partial charge in [0.1, 0.15) is 12.6 Å². The maximum atomic E-state index is 12.4. The van der Waals surface area contributed by atoms with E-state index >= 15 is 0 Å². The van der Waals surface area contributed by atoms with Gasteiger partial charge in [0.05, 0.1) is 5.02 Å². The summed E-state index contributed by atoms with van der Waals surface area (Å²) in [5, 5.41) is 0.151. The van der Waals surface area contributed by atoms with Crippen LogP contribution in [0.1, 0.15) is 0 Å². The zero-order valence-electron chi connectivity index (χ0n) is 5.48. The minimum atomic E-state index is -0.397. The zero-order valence-corrected chi connectivity index (χ0v) is 7.82. The van der Waals surface area contributed by atoms with Crippen LogP contribution in [-0.4, -0.2) is 6.79 Å². The van der Waals surface area contributed by atoms with Gasteiger partial charge in [-0.3, -0.25) is 0 Å². The SMILES string of the molecule is C=O.Fc1cc(Br)ccc1Cl. The van der Waals surface area contributed by atoms with Gasteiger partial charge in [-0.25, -0.2) is 4.39 Å². The van der Waals surface area contributed by atoms with Crippen LogP contribution >= 0.6 is 27.5 Å². The third kappa shape index (κ3) is 3.49. The van der Waals surface area contributed by atoms with Crippen molar-refractivity contribution in [1.29, 1.82) is 0 Å². The lowest BCUT2D eigenvalue weighted by Crippen LogP contribution is -1.73. The largest absolute Gasteiger partial charge is 0.307 e. The van der Waals surface area contributed by atoms with Gasteiger partial charge in [-0.15, -0.1) is 0 Å². The molecule has 0 N–H and O–H groups in total. The Morgan fingerprint density at radius 3 is 2.36 bits per heavy atom. The lowest BCUT2D eigenvalue weighted by molar-refractivity contribution is -0.0979. The highest BCUT2D eigenvalue weighted by molar-refractivity contribution is 9.10. The molecule has 4 heteroatoms. The van der Waals surface area contributed by atoms with Gasteiger partial charge in [0.2, 0.25) is 0 Å². The molecule has 0 saturated carbocycles. The second kappa shape index (κ2) is 5.27. The number of hydrogen-bond acceptors (Lipinski definition) is 1. The first-order valence-electron chi connectivity index (χ1n) is 2.59. The summed E-state index contributed by atoms with van der Waals surface area (Å²) in [6, 6.07) is 4.51. The summed E-state index contributed by atoms with van der Waals surface area (Å²) in [4.78, 5) is 8.00. The minimum Gasteiger partial charge on any atom is -0.307 e. The molecule has 0 aliphatic carbocycles. The Morgan fingerprint density at radius 1 is 1.45 bits per heavy atom. The normalized spacial score (nSPS) is 8.27. The summed E-state index contributed by atoms with van der Waals surface area (Å²) in [7, 11) is 0. The molecule has 0 saturated heterocycles. The quantitative estimate of drug-likeness (QED) is 0.636. The minimum absolute atomic E-state index is 0.151. The zero-order chi connectivity index (χ0) is 8.85. The molecule has 0 atom stereocenters. The second-order valence-electron chi connectivity index (χ2n) is 1.56. The van der Waals surface area contributed by atoms with Gasteiger partial charge in [0, 0.05) is 4.47 Å². The first-order chi connectivity index (χ1) is 5.20. The van der Waals surface area contributed by atoms with E-state index in [2.05, 4.69) is 15.9 Å². The van der Waals surface area contributed by atoms with Crippen LogP contribution in [0, 0.1) is 5.82 Å². The van der Waals surface area contributed by atoms with Crippen LogP contribution in [0.15, 0.2) is 22.7 Å². The Morgan fingerprint density at radius 2 is 2.00 bits per heavy atom. The molecule has 0 heterocycles. The molecule has 0 spiro atoms. The topological polar surface area (TPSA) is 17.1 Å². The van der Waals surface area contributed by atoms with Crippen LogP contribution in [0.4, 0.5) is 4.39 Å². The summed E-state index contributed by atoms with van der Waals surface area (Å²) in [5.74, 6) is -0.397. The highest BCUT2D eigenvalue weighted by Gasteiger charge is 1.96. The molecule has 0 unspecified atom stereocenters. The van der Waals surface area contributed by atoms with Crippen molar-refractivity contribution in [2.24, 2.45) is 0 Å². The maximum absolute atomic E-state index is 12.4. The Hall–Kier alpha value is -0.410. The number of carbonyl (C=O) groups excluding carboxylic acids is 1. The first kappa shape index (κ1) is 10.6. The molecule has 11 heavy (non-hydrogen) atoms. The smallest absolute Gasteiger partial charge is 0.142 e. The van der Waals surface area contributed by atoms with E-state index in [1.807, 2.05) is 6.79 Å². The Bertz CT molecular complexity index is 242. The van der Waals surface area contributed by atoms with Gasteiger partial charge in [0.15, 0.2) is 0 Å². The molecule has 0 aromatic heterocycles. The average Bonchev–Trinajstić information content (AvgIpc) is 2.02. The van der Waals surface area contributed by atoms with Gasteiger partial charge in [-0.1, -0.05) is 27.5 Å². The van der Waals surface area contributed by atoms with E-state index in [1.165, 1.54) is 12.1 Å². The van der Waals surface area contributed by atoms with Crippen molar-refractivity contribution in [1.82, 2.24) is 0 Å². The fourth-order valence-electron chi connectivity index (χ4n) is 0.470. The molecule has 0 fully saturated rings. The number of halogens is 3. The molecular formula is C7H5BrClFO. The van der Waals surface area contributed by atoms with Crippen LogP contribution < -0.4 is 0 Å². The Kier molecular flexibility index (Phi) is 5.07. The highest BCUT2D eigenvalue weighted by Crippen LogP contribution is 2.18. The monoisotopic (exact) mass is 238 g/mol. The number of rotatable bonds is 0. The summed E-state index contributed by atoms with van der Waals surface area (Å²) in [5.41, 5.74) is 0. The predicted molar refractivity (Wildman–Crippen MR) is 46.2 cm³/mol. The standard InChI is InChI=1S/C6H3BrClF.CH2O/c7-4-1-2-5(8)6(9)3-4;1-2/h1-3H;1H2. The average molecular weight is 239 g/mol. The van der Waals surface area contributed by atoms with E-state index < -0.39 is 5.82 Å². The molecule has 0 aliphatic rings. The van der Waals surface area contributed by atoms with Gasteiger partial charge in [-0.2, -0.15) is 0 Å². The van der Waals surface area contributed by atoms with E-state index in [0.29, 0.717) is 4.47 Å². The maximum Gasteiger partial charge on any atom is 0.142 e. The molecule has 0 radical (unpaired) electrons. The van der Waals surface area contributed by atoms with Crippen LogP contribution in [0.2, 0.25) is 5.02 Å². The summed E-state index contributed by atoms with van der Waals surface area (Å²) >= 11 is 8.48. The fraction of sp³-hybridized carbons (Fsp3) is 0. The summed E-state index contributed by atoms with van der Waals surface area (Å²) in [6.07, 6.45) is 0. The van der Waals surface area contributed by atoms with E-state index in [-0.39, 0.29) is 5.02 Å². The number of carbonyl (C=O) groups is 1. The molecule has 1 aromatic carbocycles. The molecule has 0 amide bonds. The molecule has 1 rings (SSSR count). The fourth-order valence-corrected chi connectivity index (χ4v) is 0.921. The predicted octanol–water partition coefficient (Wildman–Crippen LogP) is 3.06. The third-order valence-electron chi connectivity index (χ3n) is 0.882. The Labute approximate surface area is 77.3 Å². The van der Waals surface area contributed by atoms with Crippen LogP contribution in [-0.2, 0) is 4.79 Å². The van der Waals surface area contributed by atoms with Gasteiger partial charge in [0.25, 0.3) is 0 Å². The molecule has 60 valence electrons. The summed E-state index contributed by atoms with van der Waals surface area (Å²) in [6.45, 7) is 2.00. The van der Waals surface area contributed by atoms with Gasteiger partial charge in [-0.05, 0) is 18.2 Å². The van der Waals surface area contributed by atoms with Crippen molar-refractivity contribution in [3.63, 3.8) is 0 Å². The van der Waals surface area contributed by atoms with Crippen molar-refractivity contribution < 1.29 is 9.18 Å². The lowest BCUT2D eigenvalue weighted by Gasteiger charge is -1.91. The molecule has 1 nitrogen and oxygen atoms in total. The molecule has 0 bridgehead atoms. The van der Waals surface area contributed by atoms with Gasteiger partial charge < -0.3 is 4.79 Å². The van der Waals surface area contributed by atoms with E-state index in [9.17, 15) is 4.39 Å². The van der Waals surface area contributed by atoms with Crippen molar-refractivity contribution in [2.45, 2.75) is 0 Å². The number of hydrogen-bond donors (Lipinski definition) is 0. The van der Waals surface area contributed by atoms with Crippen molar-refractivity contribution >= 4 is 34.3 Å². The van der Waals surface area contributed by atoms with E-state index in [0.717, 1.165) is 0 Å². The first-order valence-corrected chi connectivity index (χ1v) is 3.76. The van der Waals surface area contributed by atoms with E-state index in [4.69, 9.17) is 16.4 Å². The van der Waals surface area contributed by atoms with Crippen LogP contribution in [0.25, 0.3) is 0 Å². The van der Waals surface area contributed by atoms with Crippen molar-refractivity contribution in [2.75, 3.05) is 0 Å². The lowest BCUT2D eigenvalue weighted by atomic mass is 10.3. The van der Waals surface area contributed by atoms with E-state index in [1.54, 1.807) is 6.07 Å².